The van der Waals surface area contributed by atoms with Crippen LogP contribution in [0.25, 0.3) is 0 Å². The third kappa shape index (κ3) is 2.96. The first-order valence-corrected chi connectivity index (χ1v) is 6.41. The van der Waals surface area contributed by atoms with Gasteiger partial charge in [-0.1, -0.05) is 24.6 Å². The van der Waals surface area contributed by atoms with Crippen LogP contribution in [0, 0.1) is 0 Å². The lowest BCUT2D eigenvalue weighted by atomic mass is 10.2. The molecule has 1 heterocycles. The minimum atomic E-state index is 0.327. The van der Waals surface area contributed by atoms with E-state index in [4.69, 9.17) is 16.3 Å². The van der Waals surface area contributed by atoms with Crippen LogP contribution in [-0.4, -0.2) is 16.1 Å². The predicted molar refractivity (Wildman–Crippen MR) is 73.8 cm³/mol. The smallest absolute Gasteiger partial charge is 0.153 e. The third-order valence-corrected chi connectivity index (χ3v) is 3.18. The van der Waals surface area contributed by atoms with Crippen molar-refractivity contribution in [2.24, 2.45) is 7.05 Å². The van der Waals surface area contributed by atoms with E-state index < -0.39 is 0 Å². The van der Waals surface area contributed by atoms with E-state index in [0.29, 0.717) is 22.9 Å². The number of hydrogen-bond acceptors (Lipinski definition) is 3. The minimum Gasteiger partial charge on any atom is -0.485 e. The molecule has 4 nitrogen and oxygen atoms in total. The van der Waals surface area contributed by atoms with Crippen molar-refractivity contribution in [3.63, 3.8) is 0 Å². The van der Waals surface area contributed by atoms with Gasteiger partial charge in [-0.05, 0) is 24.6 Å². The van der Waals surface area contributed by atoms with Gasteiger partial charge in [0.05, 0.1) is 22.0 Å². The molecule has 0 saturated heterocycles. The van der Waals surface area contributed by atoms with Crippen LogP contribution in [0.3, 0.4) is 0 Å². The third-order valence-electron chi connectivity index (χ3n) is 2.88. The van der Waals surface area contributed by atoms with Crippen molar-refractivity contribution in [3.05, 3.63) is 46.2 Å². The Balaban J connectivity index is 2.18. The molecule has 0 unspecified atom stereocenters. The van der Waals surface area contributed by atoms with E-state index in [1.807, 2.05) is 20.0 Å². The zero-order valence-electron chi connectivity index (χ0n) is 10.9. The Morgan fingerprint density at radius 2 is 2.26 bits per heavy atom. The van der Waals surface area contributed by atoms with Crippen molar-refractivity contribution in [1.29, 1.82) is 0 Å². The van der Waals surface area contributed by atoms with Gasteiger partial charge in [-0.25, -0.2) is 0 Å². The fourth-order valence-electron chi connectivity index (χ4n) is 1.80. The molecule has 2 rings (SSSR count). The van der Waals surface area contributed by atoms with E-state index >= 15 is 0 Å². The molecule has 5 heteroatoms. The van der Waals surface area contributed by atoms with Crippen molar-refractivity contribution in [3.8, 4) is 5.75 Å². The van der Waals surface area contributed by atoms with Crippen molar-refractivity contribution < 1.29 is 9.53 Å². The zero-order chi connectivity index (χ0) is 13.8. The molecule has 0 fully saturated rings. The summed E-state index contributed by atoms with van der Waals surface area (Å²) in [7, 11) is 1.87. The minimum absolute atomic E-state index is 0.327. The Morgan fingerprint density at radius 1 is 1.47 bits per heavy atom. The number of aromatic nitrogens is 2. The maximum absolute atomic E-state index is 11.0. The van der Waals surface area contributed by atoms with E-state index in [1.165, 1.54) is 0 Å². The molecular weight excluding hydrogens is 264 g/mol. The summed E-state index contributed by atoms with van der Waals surface area (Å²) >= 11 is 6.04. The number of carbonyl (C=O) groups is 1. The Bertz CT molecular complexity index is 593. The molecule has 0 spiro atoms. The molecule has 0 N–H and O–H groups in total. The molecule has 0 amide bonds. The van der Waals surface area contributed by atoms with Gasteiger partial charge in [0.2, 0.25) is 0 Å². The molecule has 0 radical (unpaired) electrons. The van der Waals surface area contributed by atoms with Crippen molar-refractivity contribution in [2.75, 3.05) is 0 Å². The summed E-state index contributed by atoms with van der Waals surface area (Å²) in [6.07, 6.45) is 1.61. The number of ether oxygens (including phenoxy) is 1. The maximum Gasteiger partial charge on any atom is 0.153 e. The summed E-state index contributed by atoms with van der Waals surface area (Å²) in [5.41, 5.74) is 2.40. The number of para-hydroxylation sites is 1. The molecule has 100 valence electrons. The van der Waals surface area contributed by atoms with Gasteiger partial charge < -0.3 is 4.74 Å². The predicted octanol–water partition coefficient (Wildman–Crippen LogP) is 3.03. The maximum atomic E-state index is 11.0. The van der Waals surface area contributed by atoms with Crippen LogP contribution in [0.15, 0.2) is 24.3 Å². The topological polar surface area (TPSA) is 44.1 Å². The second-order valence-corrected chi connectivity index (χ2v) is 4.58. The van der Waals surface area contributed by atoms with E-state index in [1.54, 1.807) is 22.9 Å². The average Bonchev–Trinajstić information content (AvgIpc) is 2.77. The van der Waals surface area contributed by atoms with Gasteiger partial charge in [-0.3, -0.25) is 9.48 Å². The number of hydrogen-bond donors (Lipinski definition) is 0. The number of aldehydes is 1. The first-order valence-electron chi connectivity index (χ1n) is 6.04. The Hall–Kier alpha value is -1.81. The van der Waals surface area contributed by atoms with Crippen LogP contribution in [0.5, 0.6) is 5.75 Å². The summed E-state index contributed by atoms with van der Waals surface area (Å²) in [4.78, 5) is 11.0. The lowest BCUT2D eigenvalue weighted by Gasteiger charge is -2.10. The van der Waals surface area contributed by atoms with Gasteiger partial charge in [0, 0.05) is 7.05 Å². The average molecular weight is 279 g/mol. The molecule has 0 aliphatic carbocycles. The van der Waals surface area contributed by atoms with Crippen LogP contribution in [0.2, 0.25) is 5.02 Å². The molecule has 2 aromatic rings. The van der Waals surface area contributed by atoms with Crippen molar-refractivity contribution in [2.45, 2.75) is 20.0 Å². The number of aryl methyl sites for hydroxylation is 2. The van der Waals surface area contributed by atoms with E-state index in [-0.39, 0.29) is 0 Å². The first kappa shape index (κ1) is 13.6. The Kier molecular flexibility index (Phi) is 4.22. The number of rotatable bonds is 5. The van der Waals surface area contributed by atoms with Gasteiger partial charge in [0.25, 0.3) is 0 Å². The lowest BCUT2D eigenvalue weighted by molar-refractivity contribution is 0.111. The highest BCUT2D eigenvalue weighted by molar-refractivity contribution is 6.32. The van der Waals surface area contributed by atoms with E-state index in [9.17, 15) is 4.79 Å². The summed E-state index contributed by atoms with van der Waals surface area (Å²) in [5, 5.41) is 4.77. The lowest BCUT2D eigenvalue weighted by Crippen LogP contribution is -2.04. The molecule has 0 aliphatic heterocycles. The van der Waals surface area contributed by atoms with Crippen molar-refractivity contribution >= 4 is 17.9 Å². The second kappa shape index (κ2) is 5.89. The van der Waals surface area contributed by atoms with E-state index in [2.05, 4.69) is 5.10 Å². The molecule has 0 saturated carbocycles. The highest BCUT2D eigenvalue weighted by Crippen LogP contribution is 2.28. The summed E-state index contributed by atoms with van der Waals surface area (Å²) in [6, 6.07) is 7.08. The highest BCUT2D eigenvalue weighted by Gasteiger charge is 2.10. The Labute approximate surface area is 116 Å². The van der Waals surface area contributed by atoms with Crippen molar-refractivity contribution in [1.82, 2.24) is 9.78 Å². The SMILES string of the molecule is CCc1cc(COc2c(Cl)cccc2C=O)n(C)n1. The second-order valence-electron chi connectivity index (χ2n) is 4.17. The molecule has 1 aromatic carbocycles. The zero-order valence-corrected chi connectivity index (χ0v) is 11.6. The largest absolute Gasteiger partial charge is 0.485 e. The van der Waals surface area contributed by atoms with Crippen LogP contribution in [0.1, 0.15) is 28.7 Å². The standard InChI is InChI=1S/C14H15ClN2O2/c1-3-11-7-12(17(2)16-11)9-19-14-10(8-18)5-4-6-13(14)15/h4-8H,3,9H2,1-2H3. The van der Waals surface area contributed by atoms with Crippen LogP contribution >= 0.6 is 11.6 Å². The van der Waals surface area contributed by atoms with Crippen LogP contribution in [0.4, 0.5) is 0 Å². The number of nitrogens with zero attached hydrogens (tertiary/aromatic N) is 2. The van der Waals surface area contributed by atoms with Gasteiger partial charge in [-0.2, -0.15) is 5.10 Å². The molecule has 1 aromatic heterocycles. The number of carbonyl (C=O) groups excluding carboxylic acids is 1. The number of halogens is 1. The highest BCUT2D eigenvalue weighted by atomic mass is 35.5. The molecule has 0 bridgehead atoms. The van der Waals surface area contributed by atoms with Gasteiger partial charge in [-0.15, -0.1) is 0 Å². The first-order chi connectivity index (χ1) is 9.15. The summed E-state index contributed by atoms with van der Waals surface area (Å²) < 4.78 is 7.43. The molecule has 0 atom stereocenters. The Morgan fingerprint density at radius 3 is 2.89 bits per heavy atom. The fourth-order valence-corrected chi connectivity index (χ4v) is 2.03. The molecule has 19 heavy (non-hydrogen) atoms. The normalized spacial score (nSPS) is 10.5. The summed E-state index contributed by atoms with van der Waals surface area (Å²) in [5.74, 6) is 0.415. The fraction of sp³-hybridized carbons (Fsp3) is 0.286. The van der Waals surface area contributed by atoms with Crippen LogP contribution < -0.4 is 4.74 Å². The monoisotopic (exact) mass is 278 g/mol. The quantitative estimate of drug-likeness (QED) is 0.790. The van der Waals surface area contributed by atoms with Gasteiger partial charge in [0.1, 0.15) is 12.4 Å². The van der Waals surface area contributed by atoms with Gasteiger partial charge in [0.15, 0.2) is 6.29 Å². The molecular formula is C14H15ClN2O2. The summed E-state index contributed by atoms with van der Waals surface area (Å²) in [6.45, 7) is 2.37. The molecule has 0 aliphatic rings. The number of benzene rings is 1. The van der Waals surface area contributed by atoms with Crippen LogP contribution in [-0.2, 0) is 20.1 Å². The van der Waals surface area contributed by atoms with Gasteiger partial charge >= 0.3 is 0 Å². The van der Waals surface area contributed by atoms with E-state index in [0.717, 1.165) is 24.1 Å².